The van der Waals surface area contributed by atoms with Gasteiger partial charge in [-0.1, -0.05) is 4.48 Å². The normalized spacial score (nSPS) is 14.3. The second kappa shape index (κ2) is 9.23. The van der Waals surface area contributed by atoms with Crippen LogP contribution in [0.2, 0.25) is 0 Å². The summed E-state index contributed by atoms with van der Waals surface area (Å²) in [6, 6.07) is 10.7. The fourth-order valence-electron chi connectivity index (χ4n) is 4.34. The van der Waals surface area contributed by atoms with Gasteiger partial charge in [-0.25, -0.2) is 9.97 Å². The molecule has 3 heterocycles. The van der Waals surface area contributed by atoms with E-state index >= 15 is 0 Å². The number of hydrogen-bond donors (Lipinski definition) is 0. The van der Waals surface area contributed by atoms with Gasteiger partial charge < -0.3 is 19.1 Å². The molecule has 0 spiro atoms. The SMILES string of the molecule is COc1cc2c(Oc3ccc4c(c3)cc(C)n4F)ncnc2cc1OCCCN1CCCC1. The predicted molar refractivity (Wildman–Crippen MR) is 125 cm³/mol. The Morgan fingerprint density at radius 3 is 2.70 bits per heavy atom. The predicted octanol–water partition coefficient (Wildman–Crippen LogP) is 5.29. The molecule has 2 aromatic heterocycles. The van der Waals surface area contributed by atoms with Gasteiger partial charge in [-0.15, -0.1) is 0 Å². The topological polar surface area (TPSA) is 61.6 Å². The maximum Gasteiger partial charge on any atom is 0.230 e. The van der Waals surface area contributed by atoms with Crippen LogP contribution >= 0.6 is 0 Å². The third kappa shape index (κ3) is 4.43. The Kier molecular flexibility index (Phi) is 6.00. The van der Waals surface area contributed by atoms with E-state index < -0.39 is 0 Å². The molecule has 172 valence electrons. The van der Waals surface area contributed by atoms with Crippen molar-refractivity contribution in [1.29, 1.82) is 0 Å². The molecule has 0 bridgehead atoms. The Morgan fingerprint density at radius 1 is 1.03 bits per heavy atom. The fraction of sp³-hybridized carbons (Fsp3) is 0.360. The number of rotatable bonds is 8. The number of aryl methyl sites for hydroxylation is 1. The van der Waals surface area contributed by atoms with Gasteiger partial charge in [0.05, 0.1) is 30.1 Å². The molecule has 0 saturated carbocycles. The van der Waals surface area contributed by atoms with Crippen molar-refractivity contribution >= 4 is 21.8 Å². The van der Waals surface area contributed by atoms with Gasteiger partial charge in [0.1, 0.15) is 12.1 Å². The van der Waals surface area contributed by atoms with Gasteiger partial charge in [-0.2, -0.15) is 4.79 Å². The van der Waals surface area contributed by atoms with Gasteiger partial charge in [0.2, 0.25) is 5.88 Å². The molecule has 1 saturated heterocycles. The lowest BCUT2D eigenvalue weighted by Gasteiger charge is -2.16. The van der Waals surface area contributed by atoms with Crippen molar-refractivity contribution < 1.29 is 18.7 Å². The Morgan fingerprint density at radius 2 is 1.88 bits per heavy atom. The van der Waals surface area contributed by atoms with Crippen LogP contribution in [0.3, 0.4) is 0 Å². The highest BCUT2D eigenvalue weighted by molar-refractivity contribution is 5.87. The van der Waals surface area contributed by atoms with Gasteiger partial charge in [0.25, 0.3) is 0 Å². The average Bonchev–Trinajstić information content (AvgIpc) is 3.44. The molecule has 0 atom stereocenters. The number of likely N-dealkylation sites (tertiary alicyclic amines) is 1. The average molecular weight is 451 g/mol. The van der Waals surface area contributed by atoms with Crippen LogP contribution in [-0.4, -0.2) is 53.0 Å². The van der Waals surface area contributed by atoms with E-state index in [1.165, 1.54) is 32.3 Å². The van der Waals surface area contributed by atoms with Crippen LogP contribution < -0.4 is 14.2 Å². The summed E-state index contributed by atoms with van der Waals surface area (Å²) in [7, 11) is 1.61. The van der Waals surface area contributed by atoms with Crippen LogP contribution in [0.1, 0.15) is 25.0 Å². The summed E-state index contributed by atoms with van der Waals surface area (Å²) in [5.41, 5.74) is 1.73. The number of methoxy groups -OCH3 is 1. The second-order valence-electron chi connectivity index (χ2n) is 8.34. The first-order valence-electron chi connectivity index (χ1n) is 11.3. The van der Waals surface area contributed by atoms with E-state index in [9.17, 15) is 4.48 Å². The summed E-state index contributed by atoms with van der Waals surface area (Å²) >= 11 is 0. The monoisotopic (exact) mass is 450 g/mol. The minimum Gasteiger partial charge on any atom is -0.493 e. The highest BCUT2D eigenvalue weighted by Gasteiger charge is 2.15. The first-order valence-corrected chi connectivity index (χ1v) is 11.3. The zero-order valence-corrected chi connectivity index (χ0v) is 18.9. The van der Waals surface area contributed by atoms with Crippen LogP contribution in [-0.2, 0) is 0 Å². The van der Waals surface area contributed by atoms with E-state index in [1.807, 2.05) is 12.1 Å². The zero-order valence-electron chi connectivity index (χ0n) is 18.9. The summed E-state index contributed by atoms with van der Waals surface area (Å²) in [6.07, 6.45) is 5.00. The molecule has 2 aromatic carbocycles. The molecule has 1 aliphatic rings. The lowest BCUT2D eigenvalue weighted by Crippen LogP contribution is -2.21. The molecule has 33 heavy (non-hydrogen) atoms. The molecule has 0 unspecified atom stereocenters. The van der Waals surface area contributed by atoms with Crippen molar-refractivity contribution in [3.63, 3.8) is 0 Å². The standard InChI is InChI=1S/C25H27FN4O3/c1-17-12-18-13-19(6-7-22(18)30(17)26)33-25-20-14-23(31-2)24(15-21(20)27-16-28-25)32-11-5-10-29-8-3-4-9-29/h6-7,12-16H,3-5,8-11H2,1-2H3. The molecule has 0 radical (unpaired) electrons. The Labute approximate surface area is 191 Å². The van der Waals surface area contributed by atoms with Gasteiger partial charge in [0, 0.05) is 23.7 Å². The first-order chi connectivity index (χ1) is 16.1. The van der Waals surface area contributed by atoms with E-state index in [2.05, 4.69) is 14.9 Å². The molecule has 1 aliphatic heterocycles. The molecule has 4 aromatic rings. The van der Waals surface area contributed by atoms with Gasteiger partial charge in [-0.05, 0) is 69.6 Å². The maximum absolute atomic E-state index is 14.1. The third-order valence-electron chi connectivity index (χ3n) is 6.06. The highest BCUT2D eigenvalue weighted by Crippen LogP contribution is 2.36. The summed E-state index contributed by atoms with van der Waals surface area (Å²) in [5.74, 6) is 2.21. The summed E-state index contributed by atoms with van der Waals surface area (Å²) < 4.78 is 31.7. The quantitative estimate of drug-likeness (QED) is 0.340. The van der Waals surface area contributed by atoms with E-state index in [0.29, 0.717) is 56.6 Å². The van der Waals surface area contributed by atoms with E-state index in [1.54, 1.807) is 38.3 Å². The van der Waals surface area contributed by atoms with Crippen molar-refractivity contribution in [2.45, 2.75) is 26.2 Å². The molecule has 7 nitrogen and oxygen atoms in total. The smallest absolute Gasteiger partial charge is 0.230 e. The summed E-state index contributed by atoms with van der Waals surface area (Å²) in [5, 5.41) is 1.46. The maximum atomic E-state index is 14.1. The minimum absolute atomic E-state index is 0.398. The largest absolute Gasteiger partial charge is 0.493 e. The highest BCUT2D eigenvalue weighted by atomic mass is 19.2. The van der Waals surface area contributed by atoms with Crippen molar-refractivity contribution in [1.82, 2.24) is 19.7 Å². The molecular weight excluding hydrogens is 423 g/mol. The second-order valence-corrected chi connectivity index (χ2v) is 8.34. The number of aromatic nitrogens is 3. The molecule has 1 fully saturated rings. The Balaban J connectivity index is 1.36. The van der Waals surface area contributed by atoms with Crippen LogP contribution in [0, 0.1) is 6.92 Å². The van der Waals surface area contributed by atoms with Gasteiger partial charge >= 0.3 is 0 Å². The van der Waals surface area contributed by atoms with Crippen LogP contribution in [0.15, 0.2) is 42.7 Å². The minimum atomic E-state index is 0.398. The molecule has 0 aliphatic carbocycles. The Hall–Kier alpha value is -3.39. The van der Waals surface area contributed by atoms with Gasteiger partial charge in [-0.3, -0.25) is 0 Å². The lowest BCUT2D eigenvalue weighted by molar-refractivity contribution is 0.254. The fourth-order valence-corrected chi connectivity index (χ4v) is 4.34. The van der Waals surface area contributed by atoms with Gasteiger partial charge in [0.15, 0.2) is 11.5 Å². The summed E-state index contributed by atoms with van der Waals surface area (Å²) in [4.78, 5) is 11.8. The molecule has 0 amide bonds. The number of fused-ring (bicyclic) bond motifs is 2. The first kappa shape index (κ1) is 21.5. The number of nitrogens with zero attached hydrogens (tertiary/aromatic N) is 4. The summed E-state index contributed by atoms with van der Waals surface area (Å²) in [6.45, 7) is 5.75. The van der Waals surface area contributed by atoms with Crippen molar-refractivity contribution in [3.05, 3.63) is 48.4 Å². The van der Waals surface area contributed by atoms with Crippen molar-refractivity contribution in [3.8, 4) is 23.1 Å². The van der Waals surface area contributed by atoms with E-state index in [-0.39, 0.29) is 0 Å². The molecule has 8 heteroatoms. The van der Waals surface area contributed by atoms with Crippen molar-refractivity contribution in [2.75, 3.05) is 33.4 Å². The zero-order chi connectivity index (χ0) is 22.8. The number of halogens is 1. The molecule has 0 N–H and O–H groups in total. The van der Waals surface area contributed by atoms with Crippen molar-refractivity contribution in [2.24, 2.45) is 0 Å². The van der Waals surface area contributed by atoms with Crippen LogP contribution in [0.4, 0.5) is 4.48 Å². The lowest BCUT2D eigenvalue weighted by atomic mass is 10.2. The van der Waals surface area contributed by atoms with E-state index in [4.69, 9.17) is 14.2 Å². The third-order valence-corrected chi connectivity index (χ3v) is 6.06. The van der Waals surface area contributed by atoms with E-state index in [0.717, 1.165) is 18.4 Å². The number of hydrogen-bond acceptors (Lipinski definition) is 6. The molecular formula is C25H27FN4O3. The van der Waals surface area contributed by atoms with Crippen LogP contribution in [0.25, 0.3) is 21.8 Å². The molecule has 5 rings (SSSR count). The number of benzene rings is 2. The Bertz CT molecular complexity index is 1280. The number of ether oxygens (including phenoxy) is 3. The van der Waals surface area contributed by atoms with Crippen LogP contribution in [0.5, 0.6) is 23.1 Å².